The van der Waals surface area contributed by atoms with E-state index in [0.717, 1.165) is 61.4 Å². The summed E-state index contributed by atoms with van der Waals surface area (Å²) in [5.41, 5.74) is 3.35. The first-order chi connectivity index (χ1) is 15.7. The van der Waals surface area contributed by atoms with E-state index in [1.54, 1.807) is 6.07 Å². The SMILES string of the molecule is CCOc1cccc2c1cc1n2CCN(CCCCOc2ccc3ccc(=O)[nH]c3c2)C1. The van der Waals surface area contributed by atoms with Crippen molar-refractivity contribution in [1.82, 2.24) is 14.5 Å². The molecule has 0 amide bonds. The second kappa shape index (κ2) is 9.09. The average Bonchev–Trinajstić information content (AvgIpc) is 3.17. The number of hydrogen-bond donors (Lipinski definition) is 1. The Labute approximate surface area is 187 Å². The quantitative estimate of drug-likeness (QED) is 0.416. The molecule has 1 aliphatic rings. The van der Waals surface area contributed by atoms with Gasteiger partial charge in [-0.2, -0.15) is 0 Å². The molecular weight excluding hydrogens is 402 g/mol. The van der Waals surface area contributed by atoms with Crippen molar-refractivity contribution in [2.75, 3.05) is 26.3 Å². The van der Waals surface area contributed by atoms with Gasteiger partial charge in [-0.05, 0) is 68.1 Å². The number of aromatic nitrogens is 2. The molecule has 1 N–H and O–H groups in total. The fourth-order valence-electron chi connectivity index (χ4n) is 4.58. The molecular formula is C26H29N3O3. The molecule has 0 aliphatic carbocycles. The lowest BCUT2D eigenvalue weighted by molar-refractivity contribution is 0.211. The van der Waals surface area contributed by atoms with Gasteiger partial charge in [0.15, 0.2) is 0 Å². The molecule has 0 fully saturated rings. The molecule has 2 aromatic heterocycles. The molecule has 0 saturated carbocycles. The van der Waals surface area contributed by atoms with E-state index >= 15 is 0 Å². The molecule has 2 aromatic carbocycles. The lowest BCUT2D eigenvalue weighted by Crippen LogP contribution is -2.34. The Morgan fingerprint density at radius 2 is 1.91 bits per heavy atom. The van der Waals surface area contributed by atoms with E-state index in [4.69, 9.17) is 9.47 Å². The van der Waals surface area contributed by atoms with Gasteiger partial charge < -0.3 is 19.0 Å². The number of benzene rings is 2. The third kappa shape index (κ3) is 4.23. The Kier molecular flexibility index (Phi) is 5.86. The molecule has 0 bridgehead atoms. The summed E-state index contributed by atoms with van der Waals surface area (Å²) in [5, 5.41) is 2.23. The van der Waals surface area contributed by atoms with E-state index in [1.165, 1.54) is 16.6 Å². The zero-order valence-electron chi connectivity index (χ0n) is 18.5. The Hall–Kier alpha value is -3.25. The minimum absolute atomic E-state index is 0.0932. The van der Waals surface area contributed by atoms with Gasteiger partial charge in [0.25, 0.3) is 0 Å². The van der Waals surface area contributed by atoms with Crippen molar-refractivity contribution >= 4 is 21.8 Å². The van der Waals surface area contributed by atoms with Crippen LogP contribution in [0.1, 0.15) is 25.5 Å². The lowest BCUT2D eigenvalue weighted by atomic mass is 10.2. The monoisotopic (exact) mass is 431 g/mol. The van der Waals surface area contributed by atoms with E-state index in [2.05, 4.69) is 38.7 Å². The van der Waals surface area contributed by atoms with Crippen LogP contribution in [-0.2, 0) is 13.1 Å². The van der Waals surface area contributed by atoms with Gasteiger partial charge >= 0.3 is 0 Å². The van der Waals surface area contributed by atoms with Crippen LogP contribution in [0.3, 0.4) is 0 Å². The van der Waals surface area contributed by atoms with Crippen LogP contribution in [0.4, 0.5) is 0 Å². The number of hydrogen-bond acceptors (Lipinski definition) is 4. The van der Waals surface area contributed by atoms with Crippen LogP contribution in [-0.4, -0.2) is 40.8 Å². The number of H-pyrrole nitrogens is 1. The molecule has 6 nitrogen and oxygen atoms in total. The van der Waals surface area contributed by atoms with Crippen molar-refractivity contribution in [2.45, 2.75) is 32.9 Å². The minimum Gasteiger partial charge on any atom is -0.494 e. The van der Waals surface area contributed by atoms with Crippen LogP contribution in [0, 0.1) is 0 Å². The third-order valence-corrected chi connectivity index (χ3v) is 6.15. The highest BCUT2D eigenvalue weighted by atomic mass is 16.5. The van der Waals surface area contributed by atoms with Crippen molar-refractivity contribution in [2.24, 2.45) is 0 Å². The molecule has 0 radical (unpaired) electrons. The normalized spacial score (nSPS) is 14.0. The van der Waals surface area contributed by atoms with Gasteiger partial charge in [0.05, 0.1) is 24.2 Å². The van der Waals surface area contributed by atoms with Crippen molar-refractivity contribution in [3.8, 4) is 11.5 Å². The van der Waals surface area contributed by atoms with E-state index in [-0.39, 0.29) is 5.56 Å². The average molecular weight is 432 g/mol. The number of fused-ring (bicyclic) bond motifs is 4. The molecule has 3 heterocycles. The Balaban J connectivity index is 1.13. The van der Waals surface area contributed by atoms with Crippen LogP contribution in [0.15, 0.2) is 59.4 Å². The fourth-order valence-corrected chi connectivity index (χ4v) is 4.58. The fraction of sp³-hybridized carbons (Fsp3) is 0.346. The van der Waals surface area contributed by atoms with Crippen molar-refractivity contribution in [3.63, 3.8) is 0 Å². The maximum absolute atomic E-state index is 11.5. The molecule has 0 atom stereocenters. The minimum atomic E-state index is -0.0932. The largest absolute Gasteiger partial charge is 0.494 e. The highest BCUT2D eigenvalue weighted by molar-refractivity contribution is 5.87. The molecule has 6 heteroatoms. The number of unbranched alkanes of at least 4 members (excludes halogenated alkanes) is 1. The van der Waals surface area contributed by atoms with E-state index in [0.29, 0.717) is 13.2 Å². The molecule has 1 aliphatic heterocycles. The number of nitrogens with one attached hydrogen (secondary N) is 1. The summed E-state index contributed by atoms with van der Waals surface area (Å²) in [7, 11) is 0. The summed E-state index contributed by atoms with van der Waals surface area (Å²) in [4.78, 5) is 16.9. The van der Waals surface area contributed by atoms with Gasteiger partial charge in [-0.25, -0.2) is 0 Å². The summed E-state index contributed by atoms with van der Waals surface area (Å²) in [6.07, 6.45) is 2.09. The molecule has 0 saturated heterocycles. The second-order valence-electron chi connectivity index (χ2n) is 8.31. The zero-order chi connectivity index (χ0) is 21.9. The van der Waals surface area contributed by atoms with Gasteiger partial charge in [0.1, 0.15) is 11.5 Å². The Morgan fingerprint density at radius 1 is 1.00 bits per heavy atom. The molecule has 4 aromatic rings. The lowest BCUT2D eigenvalue weighted by Gasteiger charge is -2.28. The third-order valence-electron chi connectivity index (χ3n) is 6.15. The highest BCUT2D eigenvalue weighted by Crippen LogP contribution is 2.31. The summed E-state index contributed by atoms with van der Waals surface area (Å²) < 4.78 is 14.2. The molecule has 0 spiro atoms. The van der Waals surface area contributed by atoms with Gasteiger partial charge in [-0.15, -0.1) is 0 Å². The van der Waals surface area contributed by atoms with E-state index in [9.17, 15) is 4.79 Å². The standard InChI is InChI=1S/C26H29N3O3/c1-2-31-25-7-5-6-24-22(25)16-20-18-28(13-14-29(20)24)12-3-4-15-32-21-10-8-19-9-11-26(30)27-23(19)17-21/h5-11,16-17H,2-4,12-15,18H2,1H3,(H,27,30). The Morgan fingerprint density at radius 3 is 2.81 bits per heavy atom. The van der Waals surface area contributed by atoms with E-state index < -0.39 is 0 Å². The Bertz CT molecular complexity index is 1290. The molecule has 5 rings (SSSR count). The number of rotatable bonds is 8. The maximum Gasteiger partial charge on any atom is 0.248 e. The topological polar surface area (TPSA) is 59.5 Å². The first-order valence-electron chi connectivity index (χ1n) is 11.4. The van der Waals surface area contributed by atoms with Crippen LogP contribution >= 0.6 is 0 Å². The zero-order valence-corrected chi connectivity index (χ0v) is 18.5. The predicted molar refractivity (Wildman–Crippen MR) is 128 cm³/mol. The second-order valence-corrected chi connectivity index (χ2v) is 8.31. The number of ether oxygens (including phenoxy) is 2. The number of aromatic amines is 1. The first kappa shape index (κ1) is 20.6. The van der Waals surface area contributed by atoms with Crippen molar-refractivity contribution < 1.29 is 9.47 Å². The summed E-state index contributed by atoms with van der Waals surface area (Å²) in [6.45, 7) is 7.50. The van der Waals surface area contributed by atoms with Gasteiger partial charge in [-0.1, -0.05) is 6.07 Å². The van der Waals surface area contributed by atoms with Gasteiger partial charge in [-0.3, -0.25) is 9.69 Å². The van der Waals surface area contributed by atoms with Gasteiger partial charge in [0.2, 0.25) is 5.56 Å². The summed E-state index contributed by atoms with van der Waals surface area (Å²) >= 11 is 0. The van der Waals surface area contributed by atoms with Crippen LogP contribution < -0.4 is 15.0 Å². The highest BCUT2D eigenvalue weighted by Gasteiger charge is 2.19. The van der Waals surface area contributed by atoms with Crippen molar-refractivity contribution in [1.29, 1.82) is 0 Å². The summed E-state index contributed by atoms with van der Waals surface area (Å²) in [5.74, 6) is 1.78. The van der Waals surface area contributed by atoms with Crippen LogP contribution in [0.2, 0.25) is 0 Å². The van der Waals surface area contributed by atoms with Crippen LogP contribution in [0.5, 0.6) is 11.5 Å². The van der Waals surface area contributed by atoms with Crippen molar-refractivity contribution in [3.05, 3.63) is 70.6 Å². The van der Waals surface area contributed by atoms with Gasteiger partial charge in [0, 0.05) is 42.8 Å². The number of pyridine rings is 1. The number of nitrogens with zero attached hydrogens (tertiary/aromatic N) is 2. The predicted octanol–water partition coefficient (Wildman–Crippen LogP) is 4.56. The molecule has 166 valence electrons. The van der Waals surface area contributed by atoms with E-state index in [1.807, 2.05) is 31.2 Å². The molecule has 32 heavy (non-hydrogen) atoms. The molecule has 0 unspecified atom stereocenters. The first-order valence-corrected chi connectivity index (χ1v) is 11.4. The van der Waals surface area contributed by atoms with Crippen LogP contribution in [0.25, 0.3) is 21.8 Å². The summed E-state index contributed by atoms with van der Waals surface area (Å²) in [6, 6.07) is 17.8. The maximum atomic E-state index is 11.5. The smallest absolute Gasteiger partial charge is 0.248 e.